The highest BCUT2D eigenvalue weighted by molar-refractivity contribution is 6.35. The predicted molar refractivity (Wildman–Crippen MR) is 49.2 cm³/mol. The molecular formula is C8H6ClN3O. The van der Waals surface area contributed by atoms with Crippen molar-refractivity contribution < 1.29 is 4.52 Å². The molecule has 0 saturated heterocycles. The Morgan fingerprint density at radius 1 is 1.46 bits per heavy atom. The average Bonchev–Trinajstić information content (AvgIpc) is 2.49. The number of pyridine rings is 1. The zero-order valence-electron chi connectivity index (χ0n) is 6.57. The lowest BCUT2D eigenvalue weighted by Crippen LogP contribution is -1.83. The second-order valence-corrected chi connectivity index (χ2v) is 2.83. The van der Waals surface area contributed by atoms with Crippen LogP contribution in [0.25, 0.3) is 11.3 Å². The smallest absolute Gasteiger partial charge is 0.189 e. The van der Waals surface area contributed by atoms with Gasteiger partial charge in [-0.15, -0.1) is 0 Å². The second-order valence-electron chi connectivity index (χ2n) is 2.45. The van der Waals surface area contributed by atoms with Crippen LogP contribution in [0.3, 0.4) is 0 Å². The second kappa shape index (κ2) is 3.06. The normalized spacial score (nSPS) is 10.2. The highest BCUT2D eigenvalue weighted by Crippen LogP contribution is 2.31. The molecule has 0 radical (unpaired) electrons. The van der Waals surface area contributed by atoms with Crippen molar-refractivity contribution in [2.45, 2.75) is 0 Å². The van der Waals surface area contributed by atoms with Crippen LogP contribution in [0.1, 0.15) is 0 Å². The Labute approximate surface area is 79.3 Å². The Bertz CT molecular complexity index is 413. The molecule has 66 valence electrons. The third kappa shape index (κ3) is 1.36. The maximum atomic E-state index is 5.83. The number of hydrogen-bond donors (Lipinski definition) is 1. The molecule has 0 aliphatic carbocycles. The summed E-state index contributed by atoms with van der Waals surface area (Å²) >= 11 is 5.83. The first-order chi connectivity index (χ1) is 6.29. The van der Waals surface area contributed by atoms with Crippen molar-refractivity contribution in [2.24, 2.45) is 0 Å². The molecule has 0 atom stereocenters. The molecule has 0 amide bonds. The van der Waals surface area contributed by atoms with Crippen molar-refractivity contribution in [1.29, 1.82) is 0 Å². The van der Waals surface area contributed by atoms with Crippen LogP contribution in [0, 0.1) is 0 Å². The van der Waals surface area contributed by atoms with Crippen molar-refractivity contribution >= 4 is 17.4 Å². The third-order valence-corrected chi connectivity index (χ3v) is 1.95. The highest BCUT2D eigenvalue weighted by atomic mass is 35.5. The van der Waals surface area contributed by atoms with E-state index in [0.717, 1.165) is 5.56 Å². The van der Waals surface area contributed by atoms with Gasteiger partial charge in [0, 0.05) is 18.0 Å². The van der Waals surface area contributed by atoms with Crippen LogP contribution in [-0.2, 0) is 0 Å². The van der Waals surface area contributed by atoms with Crippen LogP contribution in [0.2, 0.25) is 5.02 Å². The molecule has 5 heteroatoms. The number of nitrogens with two attached hydrogens (primary N) is 1. The van der Waals surface area contributed by atoms with Gasteiger partial charge in [-0.05, 0) is 12.1 Å². The summed E-state index contributed by atoms with van der Waals surface area (Å²) in [5.74, 6) is 0.646. The Kier molecular flexibility index (Phi) is 1.90. The molecular weight excluding hydrogens is 190 g/mol. The van der Waals surface area contributed by atoms with E-state index < -0.39 is 0 Å². The predicted octanol–water partition coefficient (Wildman–Crippen LogP) is 1.97. The van der Waals surface area contributed by atoms with Gasteiger partial charge in [0.05, 0.1) is 0 Å². The molecule has 2 heterocycles. The maximum Gasteiger partial charge on any atom is 0.189 e. The minimum absolute atomic E-state index is 0.195. The highest BCUT2D eigenvalue weighted by Gasteiger charge is 2.12. The average molecular weight is 196 g/mol. The number of nitrogen functional groups attached to an aromatic ring is 1. The van der Waals surface area contributed by atoms with Crippen molar-refractivity contribution in [1.82, 2.24) is 10.1 Å². The molecule has 0 aromatic carbocycles. The van der Waals surface area contributed by atoms with Crippen LogP contribution in [0.15, 0.2) is 29.0 Å². The Hall–Kier alpha value is -1.55. The fraction of sp³-hybridized carbons (Fsp3) is 0. The van der Waals surface area contributed by atoms with E-state index in [4.69, 9.17) is 21.9 Å². The van der Waals surface area contributed by atoms with E-state index in [9.17, 15) is 0 Å². The summed E-state index contributed by atoms with van der Waals surface area (Å²) in [7, 11) is 0. The summed E-state index contributed by atoms with van der Waals surface area (Å²) in [6, 6.07) is 3.60. The van der Waals surface area contributed by atoms with Gasteiger partial charge in [-0.2, -0.15) is 0 Å². The van der Waals surface area contributed by atoms with Crippen molar-refractivity contribution in [3.05, 3.63) is 29.5 Å². The van der Waals surface area contributed by atoms with Gasteiger partial charge < -0.3 is 10.3 Å². The molecule has 2 N–H and O–H groups in total. The Morgan fingerprint density at radius 2 is 2.31 bits per heavy atom. The molecule has 0 spiro atoms. The molecule has 0 fully saturated rings. The monoisotopic (exact) mass is 195 g/mol. The van der Waals surface area contributed by atoms with Crippen molar-refractivity contribution in [3.63, 3.8) is 0 Å². The van der Waals surface area contributed by atoms with E-state index in [0.29, 0.717) is 10.8 Å². The van der Waals surface area contributed by atoms with Crippen LogP contribution in [0.5, 0.6) is 0 Å². The number of anilines is 1. The van der Waals surface area contributed by atoms with Gasteiger partial charge in [-0.3, -0.25) is 4.98 Å². The van der Waals surface area contributed by atoms with E-state index in [1.54, 1.807) is 18.5 Å². The van der Waals surface area contributed by atoms with Gasteiger partial charge in [-0.25, -0.2) is 0 Å². The maximum absolute atomic E-state index is 5.83. The molecule has 0 bridgehead atoms. The van der Waals surface area contributed by atoms with Gasteiger partial charge in [0.1, 0.15) is 5.02 Å². The number of halogens is 1. The molecule has 2 aromatic rings. The number of rotatable bonds is 1. The van der Waals surface area contributed by atoms with Gasteiger partial charge in [0.15, 0.2) is 11.6 Å². The van der Waals surface area contributed by atoms with Crippen LogP contribution >= 0.6 is 11.6 Å². The first-order valence-electron chi connectivity index (χ1n) is 3.60. The molecule has 4 nitrogen and oxygen atoms in total. The largest absolute Gasteiger partial charge is 0.380 e. The fourth-order valence-electron chi connectivity index (χ4n) is 0.968. The molecule has 2 rings (SSSR count). The number of hydrogen-bond acceptors (Lipinski definition) is 4. The zero-order chi connectivity index (χ0) is 9.26. The molecule has 0 aliphatic heterocycles. The minimum Gasteiger partial charge on any atom is -0.380 e. The lowest BCUT2D eigenvalue weighted by Gasteiger charge is -1.93. The van der Waals surface area contributed by atoms with E-state index in [2.05, 4.69) is 10.1 Å². The third-order valence-electron chi connectivity index (χ3n) is 1.58. The van der Waals surface area contributed by atoms with E-state index >= 15 is 0 Å². The standard InChI is InChI=1S/C8H6ClN3O/c9-6-7(13-12-8(6)10)5-2-1-3-11-4-5/h1-4H,(H2,10,12). The summed E-state index contributed by atoms with van der Waals surface area (Å²) in [6.45, 7) is 0. The van der Waals surface area contributed by atoms with Gasteiger partial charge >= 0.3 is 0 Å². The number of aromatic nitrogens is 2. The van der Waals surface area contributed by atoms with E-state index in [1.807, 2.05) is 6.07 Å². The van der Waals surface area contributed by atoms with Crippen LogP contribution in [-0.4, -0.2) is 10.1 Å². The quantitative estimate of drug-likeness (QED) is 0.756. The summed E-state index contributed by atoms with van der Waals surface area (Å²) in [6.07, 6.45) is 3.29. The van der Waals surface area contributed by atoms with E-state index in [-0.39, 0.29) is 5.82 Å². The molecule has 13 heavy (non-hydrogen) atoms. The SMILES string of the molecule is Nc1noc(-c2cccnc2)c1Cl. The Morgan fingerprint density at radius 3 is 2.85 bits per heavy atom. The summed E-state index contributed by atoms with van der Waals surface area (Å²) in [4.78, 5) is 3.92. The Balaban J connectivity index is 2.53. The van der Waals surface area contributed by atoms with Crippen LogP contribution < -0.4 is 5.73 Å². The first kappa shape index (κ1) is 8.07. The van der Waals surface area contributed by atoms with Gasteiger partial charge in [-0.1, -0.05) is 16.8 Å². The lowest BCUT2D eigenvalue weighted by atomic mass is 10.2. The topological polar surface area (TPSA) is 64.9 Å². The van der Waals surface area contributed by atoms with E-state index in [1.165, 1.54) is 0 Å². The first-order valence-corrected chi connectivity index (χ1v) is 3.98. The molecule has 0 unspecified atom stereocenters. The van der Waals surface area contributed by atoms with Crippen molar-refractivity contribution in [3.8, 4) is 11.3 Å². The summed E-state index contributed by atoms with van der Waals surface area (Å²) in [5, 5.41) is 3.86. The van der Waals surface area contributed by atoms with Gasteiger partial charge in [0.2, 0.25) is 0 Å². The molecule has 2 aromatic heterocycles. The van der Waals surface area contributed by atoms with Crippen LogP contribution in [0.4, 0.5) is 5.82 Å². The molecule has 0 saturated carbocycles. The number of nitrogens with zero attached hydrogens (tertiary/aromatic N) is 2. The van der Waals surface area contributed by atoms with Crippen molar-refractivity contribution in [2.75, 3.05) is 5.73 Å². The fourth-order valence-corrected chi connectivity index (χ4v) is 1.15. The van der Waals surface area contributed by atoms with Gasteiger partial charge in [0.25, 0.3) is 0 Å². The molecule has 0 aliphatic rings. The summed E-state index contributed by atoms with van der Waals surface area (Å²) in [5.41, 5.74) is 6.18. The lowest BCUT2D eigenvalue weighted by molar-refractivity contribution is 0.435. The zero-order valence-corrected chi connectivity index (χ0v) is 7.32. The summed E-state index contributed by atoms with van der Waals surface area (Å²) < 4.78 is 4.93. The minimum atomic E-state index is 0.195.